The summed E-state index contributed by atoms with van der Waals surface area (Å²) >= 11 is 0. The number of unbranched alkanes of at least 4 members (excludes halogenated alkanes) is 1. The van der Waals surface area contributed by atoms with Crippen molar-refractivity contribution in [2.24, 2.45) is 5.92 Å². The van der Waals surface area contributed by atoms with Crippen LogP contribution >= 0.6 is 0 Å². The number of carboxylic acid groups (broad SMARTS) is 1. The predicted octanol–water partition coefficient (Wildman–Crippen LogP) is 7.82. The van der Waals surface area contributed by atoms with Gasteiger partial charge in [-0.15, -0.1) is 0 Å². The average Bonchev–Trinajstić information content (AvgIpc) is 2.89. The first kappa shape index (κ1) is 27.1. The molecular formula is C32H38O4. The quantitative estimate of drug-likeness (QED) is 0.160. The van der Waals surface area contributed by atoms with Crippen LogP contribution in [-0.4, -0.2) is 22.8 Å². The number of para-hydroxylation sites is 1. The lowest BCUT2D eigenvalue weighted by molar-refractivity contribution is 0.0697. The summed E-state index contributed by atoms with van der Waals surface area (Å²) in [5.74, 6) is 0.766. The molecule has 3 aromatic rings. The van der Waals surface area contributed by atoms with Crippen LogP contribution in [0.3, 0.4) is 0 Å². The third-order valence-corrected chi connectivity index (χ3v) is 6.56. The van der Waals surface area contributed by atoms with Gasteiger partial charge in [-0.05, 0) is 79.3 Å². The van der Waals surface area contributed by atoms with Crippen LogP contribution in [0.15, 0.2) is 91.2 Å². The Morgan fingerprint density at radius 3 is 2.22 bits per heavy atom. The molecule has 0 bridgehead atoms. The molecule has 0 aliphatic carbocycles. The summed E-state index contributed by atoms with van der Waals surface area (Å²) in [7, 11) is 0. The maximum absolute atomic E-state index is 11.2. The highest BCUT2D eigenvalue weighted by molar-refractivity contribution is 5.87. The van der Waals surface area contributed by atoms with E-state index in [0.29, 0.717) is 24.5 Å². The van der Waals surface area contributed by atoms with Crippen molar-refractivity contribution in [2.45, 2.75) is 57.8 Å². The molecule has 0 aliphatic rings. The standard InChI is InChI=1S/C32H38O4/c1-25(33)10-5-6-13-27(24-28-18-21-30(22-19-28)32(34)35)17-20-29-15-7-8-16-31(29)36-23-9-14-26-11-3-2-4-12-26/h2-4,7-8,11-12,15-16,18-19,21-22,27,33H,1,5-6,9-10,13-14,17,20,23-24H2,(H,34,35). The SMILES string of the molecule is C=C(O)CCCCC(CCc1ccccc1OCCCc1ccccc1)Cc1ccc(C(=O)O)cc1. The van der Waals surface area contributed by atoms with Crippen molar-refractivity contribution in [1.82, 2.24) is 0 Å². The Morgan fingerprint density at radius 2 is 1.50 bits per heavy atom. The number of ether oxygens (including phenoxy) is 1. The van der Waals surface area contributed by atoms with Gasteiger partial charge >= 0.3 is 5.97 Å². The maximum atomic E-state index is 11.2. The van der Waals surface area contributed by atoms with Crippen molar-refractivity contribution in [3.63, 3.8) is 0 Å². The number of carboxylic acids is 1. The van der Waals surface area contributed by atoms with Gasteiger partial charge in [0.05, 0.1) is 17.9 Å². The monoisotopic (exact) mass is 486 g/mol. The smallest absolute Gasteiger partial charge is 0.335 e. The molecule has 0 amide bonds. The van der Waals surface area contributed by atoms with E-state index in [1.807, 2.05) is 24.3 Å². The molecule has 3 aromatic carbocycles. The minimum atomic E-state index is -0.900. The van der Waals surface area contributed by atoms with Crippen molar-refractivity contribution < 1.29 is 19.7 Å². The number of hydrogen-bond donors (Lipinski definition) is 2. The minimum Gasteiger partial charge on any atom is -0.513 e. The zero-order valence-corrected chi connectivity index (χ0v) is 21.1. The van der Waals surface area contributed by atoms with Gasteiger partial charge in [-0.3, -0.25) is 0 Å². The normalized spacial score (nSPS) is 11.7. The van der Waals surface area contributed by atoms with E-state index >= 15 is 0 Å². The molecule has 0 radical (unpaired) electrons. The fourth-order valence-corrected chi connectivity index (χ4v) is 4.54. The van der Waals surface area contributed by atoms with Gasteiger partial charge in [0.25, 0.3) is 0 Å². The third-order valence-electron chi connectivity index (χ3n) is 6.56. The van der Waals surface area contributed by atoms with Gasteiger partial charge in [-0.25, -0.2) is 4.79 Å². The zero-order valence-electron chi connectivity index (χ0n) is 21.1. The highest BCUT2D eigenvalue weighted by Crippen LogP contribution is 2.26. The summed E-state index contributed by atoms with van der Waals surface area (Å²) in [6.45, 7) is 4.28. The Kier molecular flexibility index (Phi) is 11.1. The van der Waals surface area contributed by atoms with Crippen molar-refractivity contribution in [3.8, 4) is 5.75 Å². The van der Waals surface area contributed by atoms with Crippen LogP contribution in [0.5, 0.6) is 5.75 Å². The molecule has 0 heterocycles. The van der Waals surface area contributed by atoms with E-state index in [-0.39, 0.29) is 5.76 Å². The first-order chi connectivity index (χ1) is 17.5. The first-order valence-corrected chi connectivity index (χ1v) is 12.9. The molecule has 4 nitrogen and oxygen atoms in total. The lowest BCUT2D eigenvalue weighted by Crippen LogP contribution is -2.08. The van der Waals surface area contributed by atoms with E-state index in [2.05, 4.69) is 49.0 Å². The number of rotatable bonds is 16. The van der Waals surface area contributed by atoms with Gasteiger partial charge in [0, 0.05) is 6.42 Å². The number of benzene rings is 3. The molecule has 0 aromatic heterocycles. The van der Waals surface area contributed by atoms with Gasteiger partial charge in [0.15, 0.2) is 0 Å². The largest absolute Gasteiger partial charge is 0.513 e. The molecule has 36 heavy (non-hydrogen) atoms. The lowest BCUT2D eigenvalue weighted by Gasteiger charge is -2.19. The maximum Gasteiger partial charge on any atom is 0.335 e. The predicted molar refractivity (Wildman–Crippen MR) is 146 cm³/mol. The Morgan fingerprint density at radius 1 is 0.778 bits per heavy atom. The molecule has 1 unspecified atom stereocenters. The molecule has 0 aliphatic heterocycles. The molecule has 0 fully saturated rings. The van der Waals surface area contributed by atoms with Crippen LogP contribution in [0, 0.1) is 5.92 Å². The van der Waals surface area contributed by atoms with Crippen LogP contribution in [0.1, 0.15) is 65.6 Å². The van der Waals surface area contributed by atoms with E-state index in [0.717, 1.165) is 62.7 Å². The van der Waals surface area contributed by atoms with E-state index in [4.69, 9.17) is 4.74 Å². The van der Waals surface area contributed by atoms with E-state index in [1.54, 1.807) is 12.1 Å². The third kappa shape index (κ3) is 9.61. The van der Waals surface area contributed by atoms with Crippen LogP contribution in [-0.2, 0) is 19.3 Å². The molecule has 4 heteroatoms. The topological polar surface area (TPSA) is 66.8 Å². The van der Waals surface area contributed by atoms with Gasteiger partial charge in [0.1, 0.15) is 5.75 Å². The van der Waals surface area contributed by atoms with Crippen molar-refractivity contribution in [1.29, 1.82) is 0 Å². The number of hydrogen-bond acceptors (Lipinski definition) is 3. The van der Waals surface area contributed by atoms with Crippen molar-refractivity contribution in [3.05, 3.63) is 113 Å². The molecular weight excluding hydrogens is 448 g/mol. The Labute approximate surface area is 215 Å². The van der Waals surface area contributed by atoms with Gasteiger partial charge in [-0.2, -0.15) is 0 Å². The highest BCUT2D eigenvalue weighted by Gasteiger charge is 2.13. The van der Waals surface area contributed by atoms with Crippen LogP contribution < -0.4 is 4.74 Å². The zero-order chi connectivity index (χ0) is 25.6. The highest BCUT2D eigenvalue weighted by atomic mass is 16.5. The van der Waals surface area contributed by atoms with E-state index in [1.165, 1.54) is 11.1 Å². The number of allylic oxidation sites excluding steroid dienone is 1. The summed E-state index contributed by atoms with van der Waals surface area (Å²) < 4.78 is 6.18. The van der Waals surface area contributed by atoms with Crippen molar-refractivity contribution in [2.75, 3.05) is 6.61 Å². The first-order valence-electron chi connectivity index (χ1n) is 12.9. The molecule has 0 saturated heterocycles. The fourth-order valence-electron chi connectivity index (χ4n) is 4.54. The minimum absolute atomic E-state index is 0.245. The van der Waals surface area contributed by atoms with Crippen LogP contribution in [0.4, 0.5) is 0 Å². The average molecular weight is 487 g/mol. The van der Waals surface area contributed by atoms with Gasteiger partial charge in [-0.1, -0.05) is 80.1 Å². The second kappa shape index (κ2) is 14.8. The second-order valence-electron chi connectivity index (χ2n) is 9.47. The summed E-state index contributed by atoms with van der Waals surface area (Å²) in [5, 5.41) is 18.6. The van der Waals surface area contributed by atoms with Crippen LogP contribution in [0.2, 0.25) is 0 Å². The lowest BCUT2D eigenvalue weighted by atomic mass is 9.88. The Hall–Kier alpha value is -3.53. The Bertz CT molecular complexity index is 1070. The number of aliphatic hydroxyl groups excluding tert-OH is 1. The molecule has 0 spiro atoms. The molecule has 2 N–H and O–H groups in total. The van der Waals surface area contributed by atoms with Crippen LogP contribution in [0.25, 0.3) is 0 Å². The molecule has 3 rings (SSSR count). The molecule has 190 valence electrons. The number of aliphatic hydroxyl groups is 1. The fraction of sp³-hybridized carbons (Fsp3) is 0.344. The van der Waals surface area contributed by atoms with Crippen molar-refractivity contribution >= 4 is 5.97 Å². The summed E-state index contributed by atoms with van der Waals surface area (Å²) in [4.78, 5) is 11.2. The summed E-state index contributed by atoms with van der Waals surface area (Å²) in [6.07, 6.45) is 8.47. The number of aromatic carboxylic acids is 1. The number of aryl methyl sites for hydroxylation is 2. The summed E-state index contributed by atoms with van der Waals surface area (Å²) in [5.41, 5.74) is 4.03. The molecule has 1 atom stereocenters. The van der Waals surface area contributed by atoms with E-state index in [9.17, 15) is 15.0 Å². The summed E-state index contributed by atoms with van der Waals surface area (Å²) in [6, 6.07) is 26.0. The van der Waals surface area contributed by atoms with E-state index < -0.39 is 5.97 Å². The number of carbonyl (C=O) groups is 1. The second-order valence-corrected chi connectivity index (χ2v) is 9.47. The van der Waals surface area contributed by atoms with Gasteiger partial charge in [0.2, 0.25) is 0 Å². The molecule has 0 saturated carbocycles. The Balaban J connectivity index is 1.56. The van der Waals surface area contributed by atoms with Gasteiger partial charge < -0.3 is 14.9 Å².